The number of allylic oxidation sites excluding steroid dienone is 2. The number of hydrogen-bond donors (Lipinski definition) is 0. The first-order chi connectivity index (χ1) is 6.13. The van der Waals surface area contributed by atoms with Crippen molar-refractivity contribution >= 4 is 5.78 Å². The molecule has 0 spiro atoms. The van der Waals surface area contributed by atoms with Gasteiger partial charge in [0.2, 0.25) is 0 Å². The summed E-state index contributed by atoms with van der Waals surface area (Å²) in [5.74, 6) is 2.12. The van der Waals surface area contributed by atoms with Crippen molar-refractivity contribution in [1.29, 1.82) is 0 Å². The lowest BCUT2D eigenvalue weighted by Crippen LogP contribution is -2.19. The lowest BCUT2D eigenvalue weighted by atomic mass is 9.84. The molecule has 0 saturated heterocycles. The van der Waals surface area contributed by atoms with Gasteiger partial charge in [-0.25, -0.2) is 0 Å². The Hall–Kier alpha value is -0.790. The number of rotatable bonds is 3. The van der Waals surface area contributed by atoms with Crippen molar-refractivity contribution in [2.45, 2.75) is 33.6 Å². The minimum atomic E-state index is 0.216. The van der Waals surface area contributed by atoms with Crippen molar-refractivity contribution in [1.82, 2.24) is 0 Å². The van der Waals surface area contributed by atoms with Crippen LogP contribution in [-0.2, 0) is 9.53 Å². The molecular formula is C11H18O2. The van der Waals surface area contributed by atoms with Crippen molar-refractivity contribution < 1.29 is 9.53 Å². The molecular weight excluding hydrogens is 164 g/mol. The lowest BCUT2D eigenvalue weighted by Gasteiger charge is -2.24. The van der Waals surface area contributed by atoms with Crippen LogP contribution in [0.1, 0.15) is 33.6 Å². The summed E-state index contributed by atoms with van der Waals surface area (Å²) in [6.07, 6.45) is 3.27. The third-order valence-electron chi connectivity index (χ3n) is 2.52. The summed E-state index contributed by atoms with van der Waals surface area (Å²) < 4.78 is 5.37. The highest BCUT2D eigenvalue weighted by molar-refractivity contribution is 5.91. The topological polar surface area (TPSA) is 26.3 Å². The second-order valence-electron chi connectivity index (χ2n) is 3.92. The van der Waals surface area contributed by atoms with E-state index < -0.39 is 0 Å². The molecule has 2 nitrogen and oxygen atoms in total. The molecule has 0 fully saturated rings. The Morgan fingerprint density at radius 3 is 2.77 bits per heavy atom. The van der Waals surface area contributed by atoms with Crippen LogP contribution >= 0.6 is 0 Å². The molecule has 0 aromatic heterocycles. The molecule has 0 aromatic carbocycles. The van der Waals surface area contributed by atoms with E-state index in [2.05, 4.69) is 13.8 Å². The van der Waals surface area contributed by atoms with Gasteiger partial charge in [-0.05, 0) is 18.8 Å². The van der Waals surface area contributed by atoms with Crippen LogP contribution in [0, 0.1) is 11.8 Å². The summed E-state index contributed by atoms with van der Waals surface area (Å²) in [5, 5.41) is 0. The van der Waals surface area contributed by atoms with Gasteiger partial charge in [-0.1, -0.05) is 13.8 Å². The predicted octanol–water partition coefficient (Wildman–Crippen LogP) is 2.54. The van der Waals surface area contributed by atoms with Gasteiger partial charge in [-0.15, -0.1) is 0 Å². The molecule has 1 aliphatic rings. The Morgan fingerprint density at radius 2 is 2.23 bits per heavy atom. The molecule has 0 aromatic rings. The summed E-state index contributed by atoms with van der Waals surface area (Å²) in [6, 6.07) is 0. The maximum absolute atomic E-state index is 11.3. The Morgan fingerprint density at radius 1 is 1.54 bits per heavy atom. The van der Waals surface area contributed by atoms with E-state index in [-0.39, 0.29) is 5.78 Å². The highest BCUT2D eigenvalue weighted by Gasteiger charge is 2.23. The van der Waals surface area contributed by atoms with E-state index in [0.29, 0.717) is 24.9 Å². The molecule has 1 rings (SSSR count). The number of carbonyl (C=O) groups excluding carboxylic acids is 1. The van der Waals surface area contributed by atoms with E-state index in [1.807, 2.05) is 6.92 Å². The third kappa shape index (κ3) is 2.87. The minimum absolute atomic E-state index is 0.216. The Labute approximate surface area is 80.0 Å². The molecule has 0 heterocycles. The first-order valence-electron chi connectivity index (χ1n) is 4.99. The van der Waals surface area contributed by atoms with Crippen LogP contribution < -0.4 is 0 Å². The predicted molar refractivity (Wildman–Crippen MR) is 52.3 cm³/mol. The van der Waals surface area contributed by atoms with Gasteiger partial charge < -0.3 is 4.74 Å². The normalized spacial score (nSPS) is 23.2. The number of carbonyl (C=O) groups is 1. The molecule has 0 N–H and O–H groups in total. The van der Waals surface area contributed by atoms with E-state index in [1.165, 1.54) is 0 Å². The molecule has 1 aliphatic carbocycles. The molecule has 13 heavy (non-hydrogen) atoms. The standard InChI is InChI=1S/C11H18O2/c1-4-13-11-6-9(8(2)3)5-10(12)7-11/h7-9H,4-6H2,1-3H3. The van der Waals surface area contributed by atoms with E-state index >= 15 is 0 Å². The summed E-state index contributed by atoms with van der Waals surface area (Å²) in [7, 11) is 0. The molecule has 1 atom stereocenters. The summed E-state index contributed by atoms with van der Waals surface area (Å²) in [6.45, 7) is 6.92. The maximum Gasteiger partial charge on any atom is 0.159 e. The smallest absolute Gasteiger partial charge is 0.159 e. The largest absolute Gasteiger partial charge is 0.498 e. The molecule has 1 unspecified atom stereocenters. The second-order valence-corrected chi connectivity index (χ2v) is 3.92. The summed E-state index contributed by atoms with van der Waals surface area (Å²) >= 11 is 0. The fourth-order valence-corrected chi connectivity index (χ4v) is 1.64. The van der Waals surface area contributed by atoms with Gasteiger partial charge in [0, 0.05) is 18.9 Å². The summed E-state index contributed by atoms with van der Waals surface area (Å²) in [4.78, 5) is 11.3. The lowest BCUT2D eigenvalue weighted by molar-refractivity contribution is -0.116. The monoisotopic (exact) mass is 182 g/mol. The van der Waals surface area contributed by atoms with Crippen LogP contribution in [0.4, 0.5) is 0 Å². The van der Waals surface area contributed by atoms with Gasteiger partial charge in [0.15, 0.2) is 5.78 Å². The average Bonchev–Trinajstić information content (AvgIpc) is 2.03. The van der Waals surface area contributed by atoms with Crippen molar-refractivity contribution in [2.24, 2.45) is 11.8 Å². The van der Waals surface area contributed by atoms with Gasteiger partial charge in [0.25, 0.3) is 0 Å². The molecule has 2 heteroatoms. The molecule has 0 saturated carbocycles. The summed E-state index contributed by atoms with van der Waals surface area (Å²) in [5.41, 5.74) is 0. The first kappa shape index (κ1) is 10.3. The molecule has 0 aliphatic heterocycles. The molecule has 0 amide bonds. The van der Waals surface area contributed by atoms with Gasteiger partial charge in [0.05, 0.1) is 12.4 Å². The number of ether oxygens (including phenoxy) is 1. The van der Waals surface area contributed by atoms with Gasteiger partial charge in [0.1, 0.15) is 0 Å². The van der Waals surface area contributed by atoms with Crippen LogP contribution in [-0.4, -0.2) is 12.4 Å². The second kappa shape index (κ2) is 4.45. The highest BCUT2D eigenvalue weighted by atomic mass is 16.5. The van der Waals surface area contributed by atoms with Crippen LogP contribution in [0.15, 0.2) is 11.8 Å². The van der Waals surface area contributed by atoms with Crippen molar-refractivity contribution in [3.8, 4) is 0 Å². The van der Waals surface area contributed by atoms with Crippen LogP contribution in [0.5, 0.6) is 0 Å². The average molecular weight is 182 g/mol. The molecule has 74 valence electrons. The van der Waals surface area contributed by atoms with Crippen LogP contribution in [0.3, 0.4) is 0 Å². The number of hydrogen-bond acceptors (Lipinski definition) is 2. The Balaban J connectivity index is 2.61. The van der Waals surface area contributed by atoms with Gasteiger partial charge >= 0.3 is 0 Å². The Kier molecular flexibility index (Phi) is 3.52. The highest BCUT2D eigenvalue weighted by Crippen LogP contribution is 2.28. The van der Waals surface area contributed by atoms with Crippen molar-refractivity contribution in [3.63, 3.8) is 0 Å². The van der Waals surface area contributed by atoms with Crippen molar-refractivity contribution in [3.05, 3.63) is 11.8 Å². The quantitative estimate of drug-likeness (QED) is 0.670. The zero-order chi connectivity index (χ0) is 9.84. The minimum Gasteiger partial charge on any atom is -0.498 e. The Bertz CT molecular complexity index is 216. The zero-order valence-corrected chi connectivity index (χ0v) is 8.67. The zero-order valence-electron chi connectivity index (χ0n) is 8.67. The molecule has 0 bridgehead atoms. The van der Waals surface area contributed by atoms with Crippen LogP contribution in [0.25, 0.3) is 0 Å². The SMILES string of the molecule is CCOC1=CC(=O)CC(C(C)C)C1. The first-order valence-corrected chi connectivity index (χ1v) is 4.99. The maximum atomic E-state index is 11.3. The number of ketones is 1. The third-order valence-corrected chi connectivity index (χ3v) is 2.52. The molecule has 0 radical (unpaired) electrons. The fraction of sp³-hybridized carbons (Fsp3) is 0.727. The van der Waals surface area contributed by atoms with E-state index in [4.69, 9.17) is 4.74 Å². The van der Waals surface area contributed by atoms with Crippen molar-refractivity contribution in [2.75, 3.05) is 6.61 Å². The van der Waals surface area contributed by atoms with E-state index in [1.54, 1.807) is 6.08 Å². The van der Waals surface area contributed by atoms with Gasteiger partial charge in [-0.3, -0.25) is 4.79 Å². The van der Waals surface area contributed by atoms with Crippen LogP contribution in [0.2, 0.25) is 0 Å². The van der Waals surface area contributed by atoms with E-state index in [0.717, 1.165) is 12.2 Å². The van der Waals surface area contributed by atoms with E-state index in [9.17, 15) is 4.79 Å². The van der Waals surface area contributed by atoms with Gasteiger partial charge in [-0.2, -0.15) is 0 Å². The fourth-order valence-electron chi connectivity index (χ4n) is 1.64.